The van der Waals surface area contributed by atoms with E-state index in [1.54, 1.807) is 0 Å². The molecule has 1 unspecified atom stereocenters. The van der Waals surface area contributed by atoms with Crippen molar-refractivity contribution in [3.8, 4) is 0 Å². The molecule has 3 nitrogen and oxygen atoms in total. The number of hydrogen-bond donors (Lipinski definition) is 1. The first-order valence-electron chi connectivity index (χ1n) is 3.84. The zero-order valence-corrected chi connectivity index (χ0v) is 8.35. The minimum Gasteiger partial charge on any atom is -0.285 e. The van der Waals surface area contributed by atoms with Crippen molar-refractivity contribution in [2.45, 2.75) is 12.2 Å². The second-order valence-corrected chi connectivity index (χ2v) is 4.68. The molecular weight excluding hydrogens is 233 g/mol. The van der Waals surface area contributed by atoms with E-state index in [9.17, 15) is 21.6 Å². The second kappa shape index (κ2) is 3.82. The lowest BCUT2D eigenvalue weighted by molar-refractivity contribution is 0.461. The van der Waals surface area contributed by atoms with Gasteiger partial charge in [-0.05, 0) is 6.92 Å². The first-order chi connectivity index (χ1) is 6.73. The summed E-state index contributed by atoms with van der Waals surface area (Å²) in [4.78, 5) is 0. The van der Waals surface area contributed by atoms with E-state index in [1.807, 2.05) is 0 Å². The highest BCUT2D eigenvalue weighted by Crippen LogP contribution is 2.26. The van der Waals surface area contributed by atoms with E-state index in [0.29, 0.717) is 12.1 Å². The quantitative estimate of drug-likeness (QED) is 0.805. The van der Waals surface area contributed by atoms with Gasteiger partial charge in [-0.25, -0.2) is 13.2 Å². The molecule has 7 heteroatoms. The first-order valence-corrected chi connectivity index (χ1v) is 5.34. The minimum absolute atomic E-state index is 0.347. The number of halogens is 3. The number of benzene rings is 1. The van der Waals surface area contributed by atoms with E-state index in [2.05, 4.69) is 0 Å². The van der Waals surface area contributed by atoms with Crippen molar-refractivity contribution in [2.24, 2.45) is 0 Å². The van der Waals surface area contributed by atoms with Crippen LogP contribution in [0.1, 0.15) is 17.7 Å². The summed E-state index contributed by atoms with van der Waals surface area (Å²) >= 11 is 0. The van der Waals surface area contributed by atoms with E-state index in [4.69, 9.17) is 4.55 Å². The number of rotatable bonds is 2. The molecule has 0 aliphatic rings. The Hall–Kier alpha value is -1.08. The van der Waals surface area contributed by atoms with E-state index in [-0.39, 0.29) is 0 Å². The minimum atomic E-state index is -4.62. The van der Waals surface area contributed by atoms with Crippen LogP contribution < -0.4 is 0 Å². The van der Waals surface area contributed by atoms with Crippen molar-refractivity contribution in [3.63, 3.8) is 0 Å². The predicted octanol–water partition coefficient (Wildman–Crippen LogP) is 2.05. The van der Waals surface area contributed by atoms with Crippen LogP contribution in [0.15, 0.2) is 12.1 Å². The van der Waals surface area contributed by atoms with Gasteiger partial charge in [0.25, 0.3) is 10.1 Å². The summed E-state index contributed by atoms with van der Waals surface area (Å²) in [5.41, 5.74) is -0.876. The fraction of sp³-hybridized carbons (Fsp3) is 0.250. The van der Waals surface area contributed by atoms with Crippen molar-refractivity contribution < 1.29 is 26.1 Å². The molecule has 1 aromatic rings. The molecule has 0 aliphatic carbocycles. The van der Waals surface area contributed by atoms with Crippen molar-refractivity contribution in [1.29, 1.82) is 0 Å². The molecule has 0 aliphatic heterocycles. The van der Waals surface area contributed by atoms with E-state index in [1.165, 1.54) is 0 Å². The highest BCUT2D eigenvalue weighted by Gasteiger charge is 2.26. The Morgan fingerprint density at radius 2 is 1.60 bits per heavy atom. The lowest BCUT2D eigenvalue weighted by atomic mass is 10.1. The molecule has 1 rings (SSSR count). The third-order valence-corrected chi connectivity index (χ3v) is 3.03. The molecule has 0 amide bonds. The second-order valence-electron chi connectivity index (χ2n) is 2.94. The highest BCUT2D eigenvalue weighted by atomic mass is 32.2. The van der Waals surface area contributed by atoms with Gasteiger partial charge in [0.2, 0.25) is 0 Å². The van der Waals surface area contributed by atoms with Gasteiger partial charge in [-0.15, -0.1) is 0 Å². The lowest BCUT2D eigenvalue weighted by Crippen LogP contribution is -2.12. The zero-order valence-electron chi connectivity index (χ0n) is 7.54. The Bertz CT molecular complexity index is 461. The van der Waals surface area contributed by atoms with Crippen LogP contribution in [0.4, 0.5) is 13.2 Å². The topological polar surface area (TPSA) is 54.4 Å². The molecule has 0 spiro atoms. The van der Waals surface area contributed by atoms with Crippen LogP contribution in [0.3, 0.4) is 0 Å². The van der Waals surface area contributed by atoms with Crippen LogP contribution in [-0.4, -0.2) is 13.0 Å². The Balaban J connectivity index is 3.39. The van der Waals surface area contributed by atoms with Gasteiger partial charge in [0.15, 0.2) is 0 Å². The van der Waals surface area contributed by atoms with Gasteiger partial charge in [-0.3, -0.25) is 4.55 Å². The summed E-state index contributed by atoms with van der Waals surface area (Å²) in [5.74, 6) is -3.86. The molecule has 0 saturated heterocycles. The number of hydrogen-bond acceptors (Lipinski definition) is 2. The molecular formula is C8H7F3O3S. The maximum absolute atomic E-state index is 13.0. The summed E-state index contributed by atoms with van der Waals surface area (Å²) in [7, 11) is -4.62. The van der Waals surface area contributed by atoms with Gasteiger partial charge < -0.3 is 0 Å². The molecule has 15 heavy (non-hydrogen) atoms. The third kappa shape index (κ3) is 2.48. The monoisotopic (exact) mass is 240 g/mol. The van der Waals surface area contributed by atoms with Gasteiger partial charge in [0, 0.05) is 17.7 Å². The van der Waals surface area contributed by atoms with Crippen molar-refractivity contribution in [2.75, 3.05) is 0 Å². The standard InChI is InChI=1S/C8H7F3O3S/c1-4(15(12,13)14)8-6(10)2-5(9)3-7(8)11/h2-4H,1H3,(H,12,13,14). The van der Waals surface area contributed by atoms with Gasteiger partial charge in [0.05, 0.1) is 0 Å². The molecule has 1 N–H and O–H groups in total. The smallest absolute Gasteiger partial charge is 0.271 e. The van der Waals surface area contributed by atoms with Crippen LogP contribution in [0.5, 0.6) is 0 Å². The summed E-state index contributed by atoms with van der Waals surface area (Å²) in [6.45, 7) is 0.898. The average molecular weight is 240 g/mol. The van der Waals surface area contributed by atoms with Crippen LogP contribution in [-0.2, 0) is 10.1 Å². The lowest BCUT2D eigenvalue weighted by Gasteiger charge is -2.10. The largest absolute Gasteiger partial charge is 0.285 e. The van der Waals surface area contributed by atoms with Gasteiger partial charge >= 0.3 is 0 Å². The van der Waals surface area contributed by atoms with E-state index < -0.39 is 38.4 Å². The van der Waals surface area contributed by atoms with Crippen molar-refractivity contribution in [1.82, 2.24) is 0 Å². The summed E-state index contributed by atoms with van der Waals surface area (Å²) < 4.78 is 68.5. The van der Waals surface area contributed by atoms with E-state index in [0.717, 1.165) is 6.92 Å². The SMILES string of the molecule is CC(c1c(F)cc(F)cc1F)S(=O)(=O)O. The molecule has 0 saturated carbocycles. The molecule has 0 fully saturated rings. The maximum atomic E-state index is 13.0. The maximum Gasteiger partial charge on any atom is 0.271 e. The molecule has 0 bridgehead atoms. The fourth-order valence-electron chi connectivity index (χ4n) is 1.09. The predicted molar refractivity (Wildman–Crippen MR) is 46.3 cm³/mol. The van der Waals surface area contributed by atoms with Crippen LogP contribution in [0.25, 0.3) is 0 Å². The summed E-state index contributed by atoms with van der Waals surface area (Å²) in [6, 6.07) is 0.695. The Morgan fingerprint density at radius 3 is 1.93 bits per heavy atom. The Morgan fingerprint density at radius 1 is 1.20 bits per heavy atom. The van der Waals surface area contributed by atoms with Gasteiger partial charge in [-0.1, -0.05) is 0 Å². The summed E-state index contributed by atoms with van der Waals surface area (Å²) in [5, 5.41) is -1.78. The molecule has 0 heterocycles. The van der Waals surface area contributed by atoms with Crippen LogP contribution in [0, 0.1) is 17.5 Å². The molecule has 84 valence electrons. The Labute approximate surface area is 84.3 Å². The normalized spacial score (nSPS) is 13.9. The molecule has 0 radical (unpaired) electrons. The van der Waals surface area contributed by atoms with Crippen LogP contribution >= 0.6 is 0 Å². The highest BCUT2D eigenvalue weighted by molar-refractivity contribution is 7.86. The van der Waals surface area contributed by atoms with Gasteiger partial charge in [-0.2, -0.15) is 8.42 Å². The third-order valence-electron chi connectivity index (χ3n) is 1.90. The fourth-order valence-corrected chi connectivity index (χ4v) is 1.61. The zero-order chi connectivity index (χ0) is 11.8. The van der Waals surface area contributed by atoms with Crippen molar-refractivity contribution >= 4 is 10.1 Å². The van der Waals surface area contributed by atoms with Crippen molar-refractivity contribution in [3.05, 3.63) is 35.1 Å². The van der Waals surface area contributed by atoms with Crippen LogP contribution in [0.2, 0.25) is 0 Å². The molecule has 0 aromatic heterocycles. The molecule has 1 atom stereocenters. The molecule has 1 aromatic carbocycles. The van der Waals surface area contributed by atoms with Gasteiger partial charge in [0.1, 0.15) is 22.7 Å². The average Bonchev–Trinajstić information content (AvgIpc) is 1.99. The summed E-state index contributed by atoms with van der Waals surface area (Å²) in [6.07, 6.45) is 0. The van der Waals surface area contributed by atoms with E-state index >= 15 is 0 Å². The Kier molecular flexibility index (Phi) is 3.05. The first kappa shape index (κ1) is 12.0.